The van der Waals surface area contributed by atoms with Crippen molar-refractivity contribution < 1.29 is 69.4 Å². The van der Waals surface area contributed by atoms with Gasteiger partial charge in [0.1, 0.15) is 11.9 Å². The number of alkyl halides is 1. The van der Waals surface area contributed by atoms with Crippen molar-refractivity contribution in [1.82, 2.24) is 19.6 Å². The van der Waals surface area contributed by atoms with Crippen LogP contribution in [0.4, 0.5) is 0 Å². The average Bonchev–Trinajstić information content (AvgIpc) is 3.46. The van der Waals surface area contributed by atoms with Gasteiger partial charge in [-0.1, -0.05) is 189 Å². The number of nitrogens with zero attached hydrogens (tertiary/aromatic N) is 5. The Morgan fingerprint density at radius 2 is 1.07 bits per heavy atom. The quantitative estimate of drug-likeness (QED) is 0.0302. The molecular weight excluding hydrogens is 1340 g/mol. The van der Waals surface area contributed by atoms with Crippen LogP contribution in [0.1, 0.15) is 49.9 Å². The maximum Gasteiger partial charge on any atom is 0 e. The van der Waals surface area contributed by atoms with Gasteiger partial charge in [-0.05, 0) is 58.7 Å². The number of hydrogen-bond acceptors (Lipinski definition) is 14. The van der Waals surface area contributed by atoms with E-state index in [0.717, 1.165) is 62.5 Å². The molecule has 0 aromatic heterocycles. The van der Waals surface area contributed by atoms with Gasteiger partial charge in [0, 0.05) is 99.4 Å². The molecule has 19 heteroatoms. The van der Waals surface area contributed by atoms with Crippen LogP contribution < -0.4 is 0 Å². The number of ether oxygens (including phenoxy) is 7. The van der Waals surface area contributed by atoms with Crippen LogP contribution in [0.5, 0.6) is 0 Å². The smallest absolute Gasteiger partial charge is 0 e. The van der Waals surface area contributed by atoms with Gasteiger partial charge in [-0.3, -0.25) is 4.90 Å². The predicted molar refractivity (Wildman–Crippen MR) is 344 cm³/mol. The molecule has 3 aliphatic heterocycles. The van der Waals surface area contributed by atoms with Crippen LogP contribution in [0, 0.1) is 31.1 Å². The number of aliphatic hydroxyl groups is 1. The first-order valence-electron chi connectivity index (χ1n) is 28.6. The Labute approximate surface area is 533 Å². The zero-order valence-corrected chi connectivity index (χ0v) is 58.0. The Morgan fingerprint density at radius 1 is 0.704 bits per heavy atom. The summed E-state index contributed by atoms with van der Waals surface area (Å²) in [5.74, 6) is 0.826. The molecule has 0 saturated carbocycles. The number of aliphatic hydroxyl groups excluding tert-OH is 1. The van der Waals surface area contributed by atoms with E-state index >= 15 is 0 Å². The SMILES string of the molecule is C=C1CN(C)C[C@H](COCc2ccccc2)O1.C=CCN(C)C[C@@H](O)COCc1ccccc1.CC[SiH](CC)CC.CN1CC(CBr)O[C@@H](COCc2ccccc2)C1.C[C@@H]1CN(C)C[C@H](COCc2ccccc2)O1.[2H][B].[B]=NS.[U]. The molecule has 13 nitrogen and oxygen atoms in total. The summed E-state index contributed by atoms with van der Waals surface area (Å²) in [6.45, 7) is 28.4. The number of morpholine rings is 3. The fourth-order valence-electron chi connectivity index (χ4n) is 8.89. The van der Waals surface area contributed by atoms with E-state index in [9.17, 15) is 5.11 Å². The van der Waals surface area contributed by atoms with Crippen molar-refractivity contribution >= 4 is 53.6 Å². The van der Waals surface area contributed by atoms with Crippen molar-refractivity contribution in [3.05, 3.63) is 169 Å². The number of rotatable bonds is 24. The van der Waals surface area contributed by atoms with E-state index in [1.165, 1.54) is 34.8 Å². The predicted octanol–water partition coefficient (Wildman–Crippen LogP) is 9.76. The Kier molecular flexibility index (Phi) is 48.3. The molecule has 4 aromatic carbocycles. The van der Waals surface area contributed by atoms with Crippen LogP contribution in [0.3, 0.4) is 0 Å². The van der Waals surface area contributed by atoms with Crippen LogP contribution in [-0.2, 0) is 59.6 Å². The molecule has 3 radical (unpaired) electrons. The standard InChI is InChI=1S/C14H20BrNO2.C14H21NO2.C14H19NO2.C14H21NO2.C6H16Si.BHNS.BH.U/c1-16-8-13(7-15)18-14(9-16)11-17-10-12-5-3-2-4-6-12;2*1-12-8-15(2)9-14(17-12)11-16-10-13-6-4-3-5-7-13;1-3-9-15(2)10-14(16)12-17-11-13-7-5-4-6-8-13;1-4-7(5-2)6-3;1-2-3;;/h2-6,13-14H,7-11H2,1H3;3-7,12,14H,8-11H2,1-2H3;3-7,14H,1,8-11H2,2H3;3-8,14,16H,1,9-12H2,2H3;7H,4-6H2,1-3H3;3H;1H;/t13?,14-;12-,14-;2*14-;;;;/m1111..../s1/i;;;;;;1D;. The molecule has 6 atom stereocenters. The fraction of sp³-hybridized carbons (Fsp3) is 0.548. The second-order valence-electron chi connectivity index (χ2n) is 20.4. The van der Waals surface area contributed by atoms with E-state index in [1.54, 1.807) is 0 Å². The number of benzene rings is 4. The van der Waals surface area contributed by atoms with Gasteiger partial charge in [0.15, 0.2) is 0 Å². The fourth-order valence-corrected chi connectivity index (χ4v) is 11.0. The molecule has 3 aliphatic rings. The molecule has 3 heterocycles. The van der Waals surface area contributed by atoms with Crippen LogP contribution in [0.25, 0.3) is 0 Å². The van der Waals surface area contributed by atoms with Gasteiger partial charge in [0.2, 0.25) is 0 Å². The molecule has 1 N–H and O–H groups in total. The summed E-state index contributed by atoms with van der Waals surface area (Å²) in [7, 11) is 16.2. The number of halogens is 1. The minimum absolute atomic E-state index is 0. The normalized spacial score (nSPS) is 19.3. The van der Waals surface area contributed by atoms with Crippen molar-refractivity contribution in [3.8, 4) is 0 Å². The molecule has 447 valence electrons. The monoisotopic (exact) mass is 1440 g/mol. The van der Waals surface area contributed by atoms with E-state index in [0.29, 0.717) is 65.5 Å². The Morgan fingerprint density at radius 3 is 1.44 bits per heavy atom. The number of likely N-dealkylation sites (N-methyl/N-ethyl adjacent to an activating group) is 4. The molecular formula is C62H99B2BrN5O8SSiU. The second-order valence-corrected chi connectivity index (χ2v) is 25.5. The molecule has 3 fully saturated rings. The summed E-state index contributed by atoms with van der Waals surface area (Å²) >= 11 is 6.67. The molecule has 0 aliphatic carbocycles. The Hall–Kier alpha value is -2.25. The minimum Gasteiger partial charge on any atom is 0 e. The first-order valence-corrected chi connectivity index (χ1v) is 32.0. The summed E-state index contributed by atoms with van der Waals surface area (Å²) in [6.07, 6.45) is 2.42. The van der Waals surface area contributed by atoms with Gasteiger partial charge in [-0.2, -0.15) is 0 Å². The van der Waals surface area contributed by atoms with Crippen LogP contribution in [0.15, 0.2) is 151 Å². The molecule has 81 heavy (non-hydrogen) atoms. The maximum atomic E-state index is 9.72. The van der Waals surface area contributed by atoms with Crippen molar-refractivity contribution in [2.75, 3.05) is 112 Å². The van der Waals surface area contributed by atoms with Gasteiger partial charge >= 0.3 is 24.8 Å². The van der Waals surface area contributed by atoms with Crippen molar-refractivity contribution in [1.29, 1.82) is 1.34 Å². The topological polar surface area (TPSA) is 110 Å². The summed E-state index contributed by atoms with van der Waals surface area (Å²) in [5, 5.41) is 10.6. The molecule has 0 amide bonds. The summed E-state index contributed by atoms with van der Waals surface area (Å²) in [6, 6.07) is 45.1. The summed E-state index contributed by atoms with van der Waals surface area (Å²) in [4.78, 5) is 8.79. The Bertz CT molecular complexity index is 2090. The van der Waals surface area contributed by atoms with E-state index in [-0.39, 0.29) is 64.3 Å². The first kappa shape index (κ1) is 76.8. The van der Waals surface area contributed by atoms with E-state index in [1.807, 2.05) is 103 Å². The third kappa shape index (κ3) is 40.7. The van der Waals surface area contributed by atoms with Crippen LogP contribution in [-0.4, -0.2) is 200 Å². The largest absolute Gasteiger partial charge is 0 e. The minimum atomic E-state index is -0.455. The van der Waals surface area contributed by atoms with Crippen molar-refractivity contribution in [3.63, 3.8) is 0 Å². The molecule has 4 aromatic rings. The van der Waals surface area contributed by atoms with E-state index < -0.39 is 6.10 Å². The zero-order chi connectivity index (χ0) is 59.9. The van der Waals surface area contributed by atoms with Gasteiger partial charge in [-0.15, -0.1) is 6.58 Å². The third-order valence-electron chi connectivity index (χ3n) is 12.8. The number of thiol groups is 1. The van der Waals surface area contributed by atoms with Crippen molar-refractivity contribution in [2.45, 2.75) is 109 Å². The third-order valence-corrected chi connectivity index (χ3v) is 16.9. The first-order chi connectivity index (χ1) is 39.2. The average molecular weight is 1440 g/mol. The molecule has 0 bridgehead atoms. The summed E-state index contributed by atoms with van der Waals surface area (Å²) < 4.78 is 47.9. The van der Waals surface area contributed by atoms with Crippen LogP contribution >= 0.6 is 28.7 Å². The molecule has 3 saturated heterocycles. The second kappa shape index (κ2) is 51.0. The van der Waals surface area contributed by atoms with E-state index in [2.05, 4.69) is 162 Å². The summed E-state index contributed by atoms with van der Waals surface area (Å²) in [5.41, 5.74) is 4.73. The molecule has 0 spiro atoms. The zero-order valence-electron chi connectivity index (χ0n) is 51.2. The van der Waals surface area contributed by atoms with E-state index in [4.69, 9.17) is 34.5 Å². The van der Waals surface area contributed by atoms with Gasteiger partial charge in [0.05, 0.1) is 89.9 Å². The molecule has 1 unspecified atom stereocenters. The Balaban J connectivity index is 0.000000996. The van der Waals surface area contributed by atoms with Crippen LogP contribution in [0.2, 0.25) is 18.1 Å². The van der Waals surface area contributed by atoms with Crippen molar-refractivity contribution in [2.24, 2.45) is 4.30 Å². The number of hydrogen-bond donors (Lipinski definition) is 2. The van der Waals surface area contributed by atoms with Gasteiger partial charge < -0.3 is 53.0 Å². The van der Waals surface area contributed by atoms with Gasteiger partial charge in [-0.25, -0.2) is 0 Å². The molecule has 7 rings (SSSR count). The van der Waals surface area contributed by atoms with Gasteiger partial charge in [0.25, 0.3) is 0 Å². The maximum absolute atomic E-state index is 9.72.